The van der Waals surface area contributed by atoms with Crippen molar-refractivity contribution in [3.8, 4) is 5.75 Å². The number of para-hydroxylation sites is 1. The zero-order valence-corrected chi connectivity index (χ0v) is 14.9. The van der Waals surface area contributed by atoms with Crippen LogP contribution in [-0.2, 0) is 6.61 Å². The maximum Gasteiger partial charge on any atom is 0.276 e. The summed E-state index contributed by atoms with van der Waals surface area (Å²) in [5.41, 5.74) is 2.81. The molecule has 5 nitrogen and oxygen atoms in total. The van der Waals surface area contributed by atoms with Gasteiger partial charge in [-0.25, -0.2) is 0 Å². The van der Waals surface area contributed by atoms with Crippen LogP contribution < -0.4 is 4.74 Å². The Kier molecular flexibility index (Phi) is 5.01. The number of nitrogens with zero attached hydrogens (tertiary/aromatic N) is 2. The fraction of sp³-hybridized carbons (Fsp3) is 0.182. The standard InChI is InChI=1S/C22H20N2O3/c25-22(24-13-11-18(12-14-24)17-7-3-1-4-8-17)21-15-20(27-23-21)16-26-19-9-5-2-6-10-19/h1-11,15H,12-14,16H2. The molecule has 27 heavy (non-hydrogen) atoms. The van der Waals surface area contributed by atoms with Gasteiger partial charge in [0.25, 0.3) is 5.91 Å². The molecule has 0 radical (unpaired) electrons. The molecular formula is C22H20N2O3. The van der Waals surface area contributed by atoms with Gasteiger partial charge >= 0.3 is 0 Å². The van der Waals surface area contributed by atoms with Gasteiger partial charge in [0.2, 0.25) is 0 Å². The first-order valence-electron chi connectivity index (χ1n) is 8.97. The van der Waals surface area contributed by atoms with E-state index in [1.165, 1.54) is 11.1 Å². The molecule has 0 atom stereocenters. The Morgan fingerprint density at radius 1 is 1.07 bits per heavy atom. The quantitative estimate of drug-likeness (QED) is 0.685. The van der Waals surface area contributed by atoms with Gasteiger partial charge in [-0.05, 0) is 29.7 Å². The number of aromatic nitrogens is 1. The molecule has 0 bridgehead atoms. The first-order valence-corrected chi connectivity index (χ1v) is 8.97. The van der Waals surface area contributed by atoms with Crippen LogP contribution in [0.4, 0.5) is 0 Å². The van der Waals surface area contributed by atoms with Crippen molar-refractivity contribution in [3.63, 3.8) is 0 Å². The molecule has 4 rings (SSSR count). The summed E-state index contributed by atoms with van der Waals surface area (Å²) in [5, 5.41) is 3.91. The number of carbonyl (C=O) groups is 1. The fourth-order valence-electron chi connectivity index (χ4n) is 3.08. The van der Waals surface area contributed by atoms with Crippen LogP contribution in [-0.4, -0.2) is 29.1 Å². The third-order valence-corrected chi connectivity index (χ3v) is 4.54. The van der Waals surface area contributed by atoms with Gasteiger partial charge in [-0.15, -0.1) is 0 Å². The number of rotatable bonds is 5. The lowest BCUT2D eigenvalue weighted by atomic mass is 9.99. The largest absolute Gasteiger partial charge is 0.486 e. The molecule has 2 heterocycles. The predicted molar refractivity (Wildman–Crippen MR) is 102 cm³/mol. The molecule has 1 amide bonds. The number of hydrogen-bond donors (Lipinski definition) is 0. The molecule has 5 heteroatoms. The number of amides is 1. The third kappa shape index (κ3) is 4.08. The highest BCUT2D eigenvalue weighted by molar-refractivity contribution is 5.92. The van der Waals surface area contributed by atoms with Crippen molar-refractivity contribution < 1.29 is 14.1 Å². The summed E-state index contributed by atoms with van der Waals surface area (Å²) in [5.74, 6) is 1.16. The predicted octanol–water partition coefficient (Wildman–Crippen LogP) is 4.18. The SMILES string of the molecule is O=C(c1cc(COc2ccccc2)on1)N1CC=C(c2ccccc2)CC1. The van der Waals surface area contributed by atoms with Gasteiger partial charge in [-0.3, -0.25) is 4.79 Å². The van der Waals surface area contributed by atoms with E-state index in [4.69, 9.17) is 9.26 Å². The molecule has 3 aromatic rings. The minimum Gasteiger partial charge on any atom is -0.486 e. The summed E-state index contributed by atoms with van der Waals surface area (Å²) >= 11 is 0. The Morgan fingerprint density at radius 2 is 1.81 bits per heavy atom. The van der Waals surface area contributed by atoms with Crippen LogP contribution in [0.2, 0.25) is 0 Å². The van der Waals surface area contributed by atoms with E-state index < -0.39 is 0 Å². The molecule has 0 unspecified atom stereocenters. The van der Waals surface area contributed by atoms with Crippen LogP contribution in [0, 0.1) is 0 Å². The van der Waals surface area contributed by atoms with Crippen molar-refractivity contribution in [1.29, 1.82) is 0 Å². The third-order valence-electron chi connectivity index (χ3n) is 4.54. The first-order chi connectivity index (χ1) is 13.3. The van der Waals surface area contributed by atoms with Gasteiger partial charge in [0, 0.05) is 19.2 Å². The molecule has 136 valence electrons. The normalized spacial score (nSPS) is 13.9. The molecule has 0 fully saturated rings. The summed E-state index contributed by atoms with van der Waals surface area (Å²) in [4.78, 5) is 14.4. The van der Waals surface area contributed by atoms with Gasteiger partial charge in [0.15, 0.2) is 11.5 Å². The minimum atomic E-state index is -0.118. The lowest BCUT2D eigenvalue weighted by Crippen LogP contribution is -2.34. The molecule has 2 aromatic carbocycles. The smallest absolute Gasteiger partial charge is 0.276 e. The van der Waals surface area contributed by atoms with Crippen molar-refractivity contribution >= 4 is 11.5 Å². The summed E-state index contributed by atoms with van der Waals surface area (Å²) in [6.45, 7) is 1.48. The fourth-order valence-corrected chi connectivity index (χ4v) is 3.08. The van der Waals surface area contributed by atoms with Crippen molar-refractivity contribution in [3.05, 3.63) is 89.8 Å². The number of benzene rings is 2. The number of ether oxygens (including phenoxy) is 1. The van der Waals surface area contributed by atoms with Crippen LogP contribution in [0.5, 0.6) is 5.75 Å². The maximum atomic E-state index is 12.7. The Labute approximate surface area is 157 Å². The van der Waals surface area contributed by atoms with Crippen LogP contribution in [0.3, 0.4) is 0 Å². The summed E-state index contributed by atoms with van der Waals surface area (Å²) < 4.78 is 10.9. The summed E-state index contributed by atoms with van der Waals surface area (Å²) in [6.07, 6.45) is 2.94. The van der Waals surface area contributed by atoms with Crippen LogP contribution in [0.1, 0.15) is 28.2 Å². The number of carbonyl (C=O) groups excluding carboxylic acids is 1. The van der Waals surface area contributed by atoms with E-state index in [1.54, 1.807) is 11.0 Å². The summed E-state index contributed by atoms with van der Waals surface area (Å²) in [7, 11) is 0. The Hall–Kier alpha value is -3.34. The molecule has 0 spiro atoms. The Bertz CT molecular complexity index is 932. The molecule has 1 aliphatic rings. The van der Waals surface area contributed by atoms with E-state index in [-0.39, 0.29) is 12.5 Å². The van der Waals surface area contributed by atoms with Crippen LogP contribution in [0.15, 0.2) is 77.3 Å². The lowest BCUT2D eigenvalue weighted by Gasteiger charge is -2.25. The highest BCUT2D eigenvalue weighted by Gasteiger charge is 2.22. The van der Waals surface area contributed by atoms with Crippen molar-refractivity contribution in [2.45, 2.75) is 13.0 Å². The van der Waals surface area contributed by atoms with E-state index in [1.807, 2.05) is 48.5 Å². The first kappa shape index (κ1) is 17.1. The van der Waals surface area contributed by atoms with E-state index in [2.05, 4.69) is 23.4 Å². The molecule has 1 aliphatic heterocycles. The van der Waals surface area contributed by atoms with Crippen LogP contribution in [0.25, 0.3) is 5.57 Å². The van der Waals surface area contributed by atoms with Gasteiger partial charge < -0.3 is 14.2 Å². The van der Waals surface area contributed by atoms with E-state index in [0.29, 0.717) is 24.5 Å². The molecule has 0 aliphatic carbocycles. The average molecular weight is 360 g/mol. The Balaban J connectivity index is 1.36. The van der Waals surface area contributed by atoms with Crippen molar-refractivity contribution in [1.82, 2.24) is 10.1 Å². The van der Waals surface area contributed by atoms with E-state index >= 15 is 0 Å². The van der Waals surface area contributed by atoms with Gasteiger partial charge in [-0.1, -0.05) is 59.8 Å². The zero-order valence-electron chi connectivity index (χ0n) is 14.9. The summed E-state index contributed by atoms with van der Waals surface area (Å²) in [6, 6.07) is 21.4. The Morgan fingerprint density at radius 3 is 2.52 bits per heavy atom. The van der Waals surface area contributed by atoms with Crippen molar-refractivity contribution in [2.75, 3.05) is 13.1 Å². The van der Waals surface area contributed by atoms with E-state index in [0.717, 1.165) is 12.2 Å². The second-order valence-electron chi connectivity index (χ2n) is 6.38. The highest BCUT2D eigenvalue weighted by Crippen LogP contribution is 2.23. The monoisotopic (exact) mass is 360 g/mol. The molecule has 0 saturated heterocycles. The van der Waals surface area contributed by atoms with Gasteiger partial charge in [-0.2, -0.15) is 0 Å². The molecule has 0 N–H and O–H groups in total. The average Bonchev–Trinajstić information content (AvgIpc) is 3.22. The van der Waals surface area contributed by atoms with Crippen molar-refractivity contribution in [2.24, 2.45) is 0 Å². The molecular weight excluding hydrogens is 340 g/mol. The zero-order chi connectivity index (χ0) is 18.5. The highest BCUT2D eigenvalue weighted by atomic mass is 16.5. The van der Waals surface area contributed by atoms with Gasteiger partial charge in [0.1, 0.15) is 12.4 Å². The second-order valence-corrected chi connectivity index (χ2v) is 6.38. The van der Waals surface area contributed by atoms with Crippen LogP contribution >= 0.6 is 0 Å². The van der Waals surface area contributed by atoms with Gasteiger partial charge in [0.05, 0.1) is 0 Å². The second kappa shape index (κ2) is 7.91. The topological polar surface area (TPSA) is 55.6 Å². The molecule has 0 saturated carbocycles. The maximum absolute atomic E-state index is 12.7. The molecule has 1 aromatic heterocycles. The van der Waals surface area contributed by atoms with E-state index in [9.17, 15) is 4.79 Å². The number of hydrogen-bond acceptors (Lipinski definition) is 4. The lowest BCUT2D eigenvalue weighted by molar-refractivity contribution is 0.0762. The minimum absolute atomic E-state index is 0.118.